The number of rotatable bonds is 9. The van der Waals surface area contributed by atoms with Gasteiger partial charge >= 0.3 is 11.8 Å². The molecular formula is C24H29NO4. The van der Waals surface area contributed by atoms with Gasteiger partial charge in [0.15, 0.2) is 0 Å². The maximum atomic E-state index is 12.2. The number of carboxylic acids is 1. The first-order valence-electron chi connectivity index (χ1n) is 10.4. The Hall–Kier alpha value is -2.82. The molecule has 0 radical (unpaired) electrons. The third-order valence-electron chi connectivity index (χ3n) is 5.28. The van der Waals surface area contributed by atoms with Crippen LogP contribution in [0.3, 0.4) is 0 Å². The quantitative estimate of drug-likeness (QED) is 0.338. The molecule has 0 bridgehead atoms. The fourth-order valence-electron chi connectivity index (χ4n) is 3.78. The van der Waals surface area contributed by atoms with Crippen LogP contribution in [-0.2, 0) is 9.63 Å². The molecule has 0 aliphatic heterocycles. The molecule has 0 spiro atoms. The number of ether oxygens (including phenoxy) is 1. The van der Waals surface area contributed by atoms with E-state index in [1.807, 2.05) is 43.3 Å². The minimum Gasteiger partial charge on any atom is -0.475 e. The van der Waals surface area contributed by atoms with Crippen molar-refractivity contribution in [1.82, 2.24) is 0 Å². The molecule has 29 heavy (non-hydrogen) atoms. The van der Waals surface area contributed by atoms with E-state index in [9.17, 15) is 9.90 Å². The van der Waals surface area contributed by atoms with Gasteiger partial charge in [0.2, 0.25) is 0 Å². The van der Waals surface area contributed by atoms with Crippen molar-refractivity contribution in [2.75, 3.05) is 0 Å². The van der Waals surface area contributed by atoms with Gasteiger partial charge in [-0.3, -0.25) is 0 Å². The lowest BCUT2D eigenvalue weighted by Crippen LogP contribution is -2.46. The molecular weight excluding hydrogens is 366 g/mol. The molecule has 0 aromatic heterocycles. The zero-order chi connectivity index (χ0) is 20.5. The lowest BCUT2D eigenvalue weighted by atomic mass is 9.83. The maximum absolute atomic E-state index is 12.2. The summed E-state index contributed by atoms with van der Waals surface area (Å²) in [6.07, 6.45) is 6.36. The van der Waals surface area contributed by atoms with E-state index < -0.39 is 11.8 Å². The zero-order valence-corrected chi connectivity index (χ0v) is 16.9. The highest BCUT2D eigenvalue weighted by Crippen LogP contribution is 2.30. The van der Waals surface area contributed by atoms with Crippen LogP contribution < -0.4 is 4.74 Å². The largest absolute Gasteiger partial charge is 0.475 e. The van der Waals surface area contributed by atoms with Gasteiger partial charge in [0.1, 0.15) is 5.75 Å². The van der Waals surface area contributed by atoms with Gasteiger partial charge in [0, 0.05) is 12.3 Å². The van der Waals surface area contributed by atoms with Crippen LogP contribution >= 0.6 is 0 Å². The van der Waals surface area contributed by atoms with Crippen LogP contribution in [0.25, 0.3) is 0 Å². The summed E-state index contributed by atoms with van der Waals surface area (Å²) in [4.78, 5) is 18.0. The smallest absolute Gasteiger partial charge is 0.392 e. The van der Waals surface area contributed by atoms with Gasteiger partial charge in [-0.25, -0.2) is 4.79 Å². The molecule has 0 saturated heterocycles. The third kappa shape index (κ3) is 5.37. The number of para-hydroxylation sites is 1. The Morgan fingerprint density at radius 1 is 1.03 bits per heavy atom. The first-order chi connectivity index (χ1) is 14.1. The predicted octanol–water partition coefficient (Wildman–Crippen LogP) is 5.65. The fourth-order valence-corrected chi connectivity index (χ4v) is 3.78. The zero-order valence-electron chi connectivity index (χ0n) is 16.9. The molecule has 1 atom stereocenters. The minimum absolute atomic E-state index is 0.188. The Morgan fingerprint density at radius 3 is 2.24 bits per heavy atom. The van der Waals surface area contributed by atoms with Gasteiger partial charge < -0.3 is 14.7 Å². The van der Waals surface area contributed by atoms with Crippen molar-refractivity contribution in [2.45, 2.75) is 57.7 Å². The van der Waals surface area contributed by atoms with E-state index in [0.29, 0.717) is 12.2 Å². The van der Waals surface area contributed by atoms with E-state index in [0.717, 1.165) is 37.0 Å². The van der Waals surface area contributed by atoms with Gasteiger partial charge in [0.05, 0.1) is 5.71 Å². The molecule has 1 aliphatic rings. The molecule has 1 unspecified atom stereocenters. The van der Waals surface area contributed by atoms with E-state index in [1.165, 1.54) is 6.42 Å². The van der Waals surface area contributed by atoms with Crippen molar-refractivity contribution in [3.05, 3.63) is 66.2 Å². The van der Waals surface area contributed by atoms with Crippen molar-refractivity contribution in [2.24, 2.45) is 11.1 Å². The van der Waals surface area contributed by atoms with Gasteiger partial charge in [-0.05, 0) is 37.0 Å². The van der Waals surface area contributed by atoms with Crippen LogP contribution in [0.4, 0.5) is 0 Å². The van der Waals surface area contributed by atoms with Crippen molar-refractivity contribution in [3.8, 4) is 5.75 Å². The summed E-state index contributed by atoms with van der Waals surface area (Å²) < 4.78 is 5.85. The summed E-state index contributed by atoms with van der Waals surface area (Å²) in [7, 11) is 0. The van der Waals surface area contributed by atoms with Gasteiger partial charge in [-0.1, -0.05) is 79.9 Å². The highest BCUT2D eigenvalue weighted by Gasteiger charge is 2.44. The number of hydrogen-bond donors (Lipinski definition) is 1. The van der Waals surface area contributed by atoms with Crippen molar-refractivity contribution < 1.29 is 19.5 Å². The number of carbonyl (C=O) groups is 1. The van der Waals surface area contributed by atoms with Crippen molar-refractivity contribution >= 4 is 11.7 Å². The van der Waals surface area contributed by atoms with Crippen LogP contribution in [0.5, 0.6) is 5.75 Å². The monoisotopic (exact) mass is 395 g/mol. The first-order valence-corrected chi connectivity index (χ1v) is 10.4. The molecule has 1 aliphatic carbocycles. The SMILES string of the molecule is CCCC(ON=C(c1ccccc1)C1CCCCC1)(Oc1ccccc1)C(=O)O. The Bertz CT molecular complexity index is 800. The number of carboxylic acid groups (broad SMARTS) is 1. The minimum atomic E-state index is -1.86. The predicted molar refractivity (Wildman–Crippen MR) is 113 cm³/mol. The Morgan fingerprint density at radius 2 is 1.66 bits per heavy atom. The van der Waals surface area contributed by atoms with Gasteiger partial charge in [-0.2, -0.15) is 0 Å². The second-order valence-electron chi connectivity index (χ2n) is 7.49. The van der Waals surface area contributed by atoms with Crippen LogP contribution in [0.15, 0.2) is 65.8 Å². The summed E-state index contributed by atoms with van der Waals surface area (Å²) in [5, 5.41) is 14.4. The lowest BCUT2D eigenvalue weighted by molar-refractivity contribution is -0.215. The second-order valence-corrected chi connectivity index (χ2v) is 7.49. The summed E-state index contributed by atoms with van der Waals surface area (Å²) in [6, 6.07) is 18.8. The highest BCUT2D eigenvalue weighted by atomic mass is 16.8. The Labute approximate surface area is 172 Å². The van der Waals surface area contributed by atoms with Crippen LogP contribution in [0.2, 0.25) is 0 Å². The number of nitrogens with zero attached hydrogens (tertiary/aromatic N) is 1. The molecule has 2 aromatic rings. The molecule has 1 N–H and O–H groups in total. The summed E-state index contributed by atoms with van der Waals surface area (Å²) in [6.45, 7) is 1.90. The van der Waals surface area contributed by atoms with Crippen LogP contribution in [-0.4, -0.2) is 22.6 Å². The van der Waals surface area contributed by atoms with E-state index >= 15 is 0 Å². The molecule has 0 heterocycles. The summed E-state index contributed by atoms with van der Waals surface area (Å²) >= 11 is 0. The second kappa shape index (κ2) is 10.1. The Balaban J connectivity index is 1.94. The van der Waals surface area contributed by atoms with Crippen LogP contribution in [0.1, 0.15) is 57.4 Å². The Kier molecular flexibility index (Phi) is 7.28. The third-order valence-corrected chi connectivity index (χ3v) is 5.28. The van der Waals surface area contributed by atoms with Gasteiger partial charge in [0.25, 0.3) is 0 Å². The van der Waals surface area contributed by atoms with E-state index in [1.54, 1.807) is 24.3 Å². The molecule has 2 aromatic carbocycles. The molecule has 154 valence electrons. The first kappa shape index (κ1) is 20.9. The van der Waals surface area contributed by atoms with E-state index in [4.69, 9.17) is 9.57 Å². The molecule has 5 nitrogen and oxygen atoms in total. The number of benzene rings is 2. The van der Waals surface area contributed by atoms with Crippen LogP contribution in [0, 0.1) is 5.92 Å². The topological polar surface area (TPSA) is 68.1 Å². The van der Waals surface area contributed by atoms with E-state index in [-0.39, 0.29) is 12.3 Å². The molecule has 5 heteroatoms. The molecule has 0 amide bonds. The van der Waals surface area contributed by atoms with E-state index in [2.05, 4.69) is 5.16 Å². The molecule has 3 rings (SSSR count). The highest BCUT2D eigenvalue weighted by molar-refractivity contribution is 6.02. The summed E-state index contributed by atoms with van der Waals surface area (Å²) in [5.41, 5.74) is 1.78. The number of oxime groups is 1. The normalized spacial score (nSPS) is 17.3. The van der Waals surface area contributed by atoms with Gasteiger partial charge in [-0.15, -0.1) is 0 Å². The summed E-state index contributed by atoms with van der Waals surface area (Å²) in [5.74, 6) is -2.33. The number of hydrogen-bond acceptors (Lipinski definition) is 4. The van der Waals surface area contributed by atoms with Crippen molar-refractivity contribution in [3.63, 3.8) is 0 Å². The average molecular weight is 395 g/mol. The van der Waals surface area contributed by atoms with Crippen molar-refractivity contribution in [1.29, 1.82) is 0 Å². The molecule has 1 fully saturated rings. The average Bonchev–Trinajstić information content (AvgIpc) is 2.76. The fraction of sp³-hybridized carbons (Fsp3) is 0.417. The number of aliphatic carboxylic acids is 1. The lowest BCUT2D eigenvalue weighted by Gasteiger charge is -2.29. The molecule has 1 saturated carbocycles. The standard InChI is InChI=1S/C24H29NO4/c1-2-18-24(23(26)27,28-21-16-10-5-11-17-21)29-25-22(19-12-6-3-7-13-19)20-14-8-4-9-15-20/h3,5-7,10-13,16-17,20H,2,4,8-9,14-15,18H2,1H3,(H,26,27). The maximum Gasteiger partial charge on any atom is 0.392 e.